The van der Waals surface area contributed by atoms with Crippen molar-refractivity contribution in [1.82, 2.24) is 14.3 Å². The van der Waals surface area contributed by atoms with E-state index in [4.69, 9.17) is 0 Å². The lowest BCUT2D eigenvalue weighted by molar-refractivity contribution is -0.137. The largest absolute Gasteiger partial charge is 0.416 e. The van der Waals surface area contributed by atoms with Crippen molar-refractivity contribution in [3.05, 3.63) is 77.0 Å². The number of aromatic nitrogens is 2. The van der Waals surface area contributed by atoms with Crippen molar-refractivity contribution in [3.63, 3.8) is 0 Å². The van der Waals surface area contributed by atoms with Crippen LogP contribution >= 0.6 is 0 Å². The van der Waals surface area contributed by atoms with Crippen LogP contribution < -0.4 is 10.2 Å². The number of piperazine rings is 1. The van der Waals surface area contributed by atoms with E-state index in [2.05, 4.69) is 15.3 Å². The first-order chi connectivity index (χ1) is 16.5. The minimum Gasteiger partial charge on any atom is -0.340 e. The van der Waals surface area contributed by atoms with Gasteiger partial charge < -0.3 is 10.2 Å². The molecule has 0 radical (unpaired) electrons. The van der Waals surface area contributed by atoms with E-state index in [1.165, 1.54) is 16.4 Å². The lowest BCUT2D eigenvalue weighted by Crippen LogP contribution is -2.49. The molecule has 11 heteroatoms. The third-order valence-corrected chi connectivity index (χ3v) is 7.56. The van der Waals surface area contributed by atoms with E-state index in [-0.39, 0.29) is 18.8 Å². The SMILES string of the molecule is Cc1ccc(Nc2cc(C)nc(N3CCN(S(=O)(=O)Cc4ccc(C(F)(F)F)cc4)CC3)n2)cc1. The Bertz CT molecular complexity index is 1270. The molecule has 0 bridgehead atoms. The first-order valence-electron chi connectivity index (χ1n) is 11.1. The number of hydrogen-bond acceptors (Lipinski definition) is 6. The molecule has 4 rings (SSSR count). The van der Waals surface area contributed by atoms with E-state index in [9.17, 15) is 21.6 Å². The number of halogens is 3. The summed E-state index contributed by atoms with van der Waals surface area (Å²) in [6.45, 7) is 5.16. The smallest absolute Gasteiger partial charge is 0.340 e. The highest BCUT2D eigenvalue weighted by molar-refractivity contribution is 7.88. The van der Waals surface area contributed by atoms with Gasteiger partial charge in [-0.3, -0.25) is 0 Å². The molecule has 0 spiro atoms. The Morgan fingerprint density at radius 1 is 0.914 bits per heavy atom. The summed E-state index contributed by atoms with van der Waals surface area (Å²) < 4.78 is 65.3. The van der Waals surface area contributed by atoms with Gasteiger partial charge in [0, 0.05) is 43.6 Å². The molecule has 2 aromatic carbocycles. The summed E-state index contributed by atoms with van der Waals surface area (Å²) in [4.78, 5) is 11.0. The van der Waals surface area contributed by atoms with Gasteiger partial charge in [-0.1, -0.05) is 29.8 Å². The average Bonchev–Trinajstić information content (AvgIpc) is 2.80. The minimum absolute atomic E-state index is 0.237. The number of aryl methyl sites for hydroxylation is 2. The van der Waals surface area contributed by atoms with Gasteiger partial charge in [-0.15, -0.1) is 0 Å². The molecule has 1 fully saturated rings. The number of alkyl halides is 3. The zero-order chi connectivity index (χ0) is 25.2. The van der Waals surface area contributed by atoms with E-state index in [1.807, 2.05) is 49.1 Å². The van der Waals surface area contributed by atoms with Gasteiger partial charge in [0.2, 0.25) is 16.0 Å². The number of hydrogen-bond donors (Lipinski definition) is 1. The van der Waals surface area contributed by atoms with Crippen LogP contribution in [0, 0.1) is 13.8 Å². The fourth-order valence-electron chi connectivity index (χ4n) is 3.80. The molecule has 1 saturated heterocycles. The number of sulfonamides is 1. The molecule has 186 valence electrons. The van der Waals surface area contributed by atoms with E-state index >= 15 is 0 Å². The normalized spacial score (nSPS) is 15.3. The van der Waals surface area contributed by atoms with Gasteiger partial charge in [0.05, 0.1) is 11.3 Å². The van der Waals surface area contributed by atoms with Crippen LogP contribution in [-0.2, 0) is 22.0 Å². The molecule has 1 aromatic heterocycles. The molecular weight excluding hydrogens is 479 g/mol. The number of nitrogens with one attached hydrogen (secondary N) is 1. The predicted molar refractivity (Wildman–Crippen MR) is 129 cm³/mol. The molecule has 0 saturated carbocycles. The summed E-state index contributed by atoms with van der Waals surface area (Å²) in [5.41, 5.74) is 2.35. The third kappa shape index (κ3) is 6.29. The van der Waals surface area contributed by atoms with Gasteiger partial charge in [-0.2, -0.15) is 22.5 Å². The maximum Gasteiger partial charge on any atom is 0.416 e. The molecule has 1 aliphatic heterocycles. The van der Waals surface area contributed by atoms with Crippen molar-refractivity contribution in [1.29, 1.82) is 0 Å². The first-order valence-corrected chi connectivity index (χ1v) is 12.7. The lowest BCUT2D eigenvalue weighted by atomic mass is 10.1. The molecule has 2 heterocycles. The first kappa shape index (κ1) is 24.9. The molecule has 0 aliphatic carbocycles. The Morgan fingerprint density at radius 3 is 2.14 bits per heavy atom. The van der Waals surface area contributed by atoms with Crippen molar-refractivity contribution >= 4 is 27.5 Å². The van der Waals surface area contributed by atoms with Crippen LogP contribution in [0.4, 0.5) is 30.6 Å². The molecule has 3 aromatic rings. The Labute approximate surface area is 202 Å². The van der Waals surface area contributed by atoms with Gasteiger partial charge in [-0.25, -0.2) is 13.4 Å². The maximum absolute atomic E-state index is 12.9. The second kappa shape index (κ2) is 9.82. The van der Waals surface area contributed by atoms with Crippen molar-refractivity contribution in [2.24, 2.45) is 0 Å². The van der Waals surface area contributed by atoms with E-state index in [0.29, 0.717) is 30.4 Å². The maximum atomic E-state index is 12.9. The fourth-order valence-corrected chi connectivity index (χ4v) is 5.32. The summed E-state index contributed by atoms with van der Waals surface area (Å²) in [7, 11) is -3.68. The highest BCUT2D eigenvalue weighted by atomic mass is 32.2. The topological polar surface area (TPSA) is 78.4 Å². The Hall–Kier alpha value is -3.18. The minimum atomic E-state index is -4.46. The molecule has 1 aliphatic rings. The van der Waals surface area contributed by atoms with Gasteiger partial charge in [-0.05, 0) is 43.7 Å². The van der Waals surface area contributed by atoms with Gasteiger partial charge in [0.15, 0.2) is 0 Å². The number of nitrogens with zero attached hydrogens (tertiary/aromatic N) is 4. The van der Waals surface area contributed by atoms with Crippen LogP contribution in [0.25, 0.3) is 0 Å². The van der Waals surface area contributed by atoms with Crippen molar-refractivity contribution in [2.45, 2.75) is 25.8 Å². The Balaban J connectivity index is 1.39. The number of benzene rings is 2. The Morgan fingerprint density at radius 2 is 1.54 bits per heavy atom. The molecule has 0 amide bonds. The highest BCUT2D eigenvalue weighted by Crippen LogP contribution is 2.29. The van der Waals surface area contributed by atoms with E-state index in [1.54, 1.807) is 0 Å². The quantitative estimate of drug-likeness (QED) is 0.531. The molecular formula is C24H26F3N5O2S. The van der Waals surface area contributed by atoms with Crippen LogP contribution in [0.15, 0.2) is 54.6 Å². The van der Waals surface area contributed by atoms with Crippen LogP contribution in [0.1, 0.15) is 22.4 Å². The third-order valence-electron chi connectivity index (χ3n) is 5.71. The number of rotatable bonds is 6. The highest BCUT2D eigenvalue weighted by Gasteiger charge is 2.31. The Kier molecular flexibility index (Phi) is 7.00. The van der Waals surface area contributed by atoms with Crippen LogP contribution in [0.2, 0.25) is 0 Å². The average molecular weight is 506 g/mol. The van der Waals surface area contributed by atoms with E-state index < -0.39 is 21.8 Å². The second-order valence-electron chi connectivity index (χ2n) is 8.52. The molecule has 1 N–H and O–H groups in total. The van der Waals surface area contributed by atoms with Gasteiger partial charge in [0.1, 0.15) is 5.82 Å². The molecule has 0 unspecified atom stereocenters. The summed E-state index contributed by atoms with van der Waals surface area (Å²) in [6.07, 6.45) is -4.46. The standard InChI is InChI=1S/C24H26F3N5O2S/c1-17-3-9-21(10-4-17)29-22-15-18(2)28-23(30-22)31-11-13-32(14-12-31)35(33,34)16-19-5-7-20(8-6-19)24(25,26)27/h3-10,15H,11-14,16H2,1-2H3,(H,28,29,30). The van der Waals surface area contributed by atoms with E-state index in [0.717, 1.165) is 29.1 Å². The van der Waals surface area contributed by atoms with Crippen molar-refractivity contribution < 1.29 is 21.6 Å². The molecule has 0 atom stereocenters. The zero-order valence-electron chi connectivity index (χ0n) is 19.4. The molecule has 7 nitrogen and oxygen atoms in total. The van der Waals surface area contributed by atoms with Crippen molar-refractivity contribution in [3.8, 4) is 0 Å². The summed E-state index contributed by atoms with van der Waals surface area (Å²) >= 11 is 0. The number of anilines is 3. The van der Waals surface area contributed by atoms with Crippen LogP contribution in [-0.4, -0.2) is 48.9 Å². The van der Waals surface area contributed by atoms with Crippen molar-refractivity contribution in [2.75, 3.05) is 36.4 Å². The fraction of sp³-hybridized carbons (Fsp3) is 0.333. The summed E-state index contributed by atoms with van der Waals surface area (Å²) in [6, 6.07) is 14.0. The van der Waals surface area contributed by atoms with Gasteiger partial charge in [0.25, 0.3) is 0 Å². The van der Waals surface area contributed by atoms with Gasteiger partial charge >= 0.3 is 6.18 Å². The van der Waals surface area contributed by atoms with Crippen LogP contribution in [0.3, 0.4) is 0 Å². The molecule has 35 heavy (non-hydrogen) atoms. The summed E-state index contributed by atoms with van der Waals surface area (Å²) in [5.74, 6) is 0.810. The zero-order valence-corrected chi connectivity index (χ0v) is 20.2. The monoisotopic (exact) mass is 505 g/mol. The lowest BCUT2D eigenvalue weighted by Gasteiger charge is -2.34. The summed E-state index contributed by atoms with van der Waals surface area (Å²) in [5, 5.41) is 3.27. The second-order valence-corrected chi connectivity index (χ2v) is 10.5. The predicted octanol–water partition coefficient (Wildman–Crippen LogP) is 4.51. The van der Waals surface area contributed by atoms with Crippen LogP contribution in [0.5, 0.6) is 0 Å².